The molecule has 2 aromatic heterocycles. The first-order chi connectivity index (χ1) is 13.0. The minimum absolute atomic E-state index is 0.216. The number of imidazole rings is 1. The number of pyridine rings is 1. The lowest BCUT2D eigenvalue weighted by Gasteiger charge is -2.33. The van der Waals surface area contributed by atoms with Crippen molar-refractivity contribution in [2.45, 2.75) is 39.3 Å². The number of piperazine rings is 1. The van der Waals surface area contributed by atoms with Gasteiger partial charge in [-0.1, -0.05) is 26.0 Å². The molecule has 0 aliphatic carbocycles. The van der Waals surface area contributed by atoms with Gasteiger partial charge < -0.3 is 14.8 Å². The van der Waals surface area contributed by atoms with Crippen LogP contribution in [-0.2, 0) is 6.54 Å². The Morgan fingerprint density at radius 1 is 1.30 bits per heavy atom. The van der Waals surface area contributed by atoms with Crippen LogP contribution in [0.2, 0.25) is 0 Å². The number of rotatable bonds is 4. The molecule has 3 aromatic rings. The summed E-state index contributed by atoms with van der Waals surface area (Å²) in [6.07, 6.45) is 1.86. The van der Waals surface area contributed by atoms with Crippen LogP contribution in [0.3, 0.4) is 0 Å². The molecular formula is C21H26FN5. The van der Waals surface area contributed by atoms with E-state index in [2.05, 4.69) is 46.6 Å². The molecule has 27 heavy (non-hydrogen) atoms. The molecule has 1 fully saturated rings. The highest BCUT2D eigenvalue weighted by Crippen LogP contribution is 2.29. The van der Waals surface area contributed by atoms with Crippen LogP contribution in [0, 0.1) is 5.82 Å². The molecular weight excluding hydrogens is 341 g/mol. The fourth-order valence-corrected chi connectivity index (χ4v) is 3.84. The van der Waals surface area contributed by atoms with E-state index < -0.39 is 0 Å². The van der Waals surface area contributed by atoms with Crippen molar-refractivity contribution in [3.05, 3.63) is 53.7 Å². The Morgan fingerprint density at radius 3 is 2.89 bits per heavy atom. The summed E-state index contributed by atoms with van der Waals surface area (Å²) in [5.41, 5.74) is 3.85. The largest absolute Gasteiger partial charge is 0.367 e. The first kappa shape index (κ1) is 17.9. The molecule has 0 spiro atoms. The maximum atomic E-state index is 13.7. The van der Waals surface area contributed by atoms with E-state index in [-0.39, 0.29) is 11.7 Å². The van der Waals surface area contributed by atoms with Crippen molar-refractivity contribution in [1.82, 2.24) is 19.9 Å². The van der Waals surface area contributed by atoms with Crippen molar-refractivity contribution in [3.8, 4) is 0 Å². The summed E-state index contributed by atoms with van der Waals surface area (Å²) in [4.78, 5) is 12.0. The Hall–Kier alpha value is -2.47. The molecule has 142 valence electrons. The predicted molar refractivity (Wildman–Crippen MR) is 107 cm³/mol. The topological polar surface area (TPSA) is 46.0 Å². The fourth-order valence-electron chi connectivity index (χ4n) is 3.84. The van der Waals surface area contributed by atoms with Gasteiger partial charge in [-0.3, -0.25) is 0 Å². The average Bonchev–Trinajstić information content (AvgIpc) is 3.01. The van der Waals surface area contributed by atoms with Gasteiger partial charge in [0.1, 0.15) is 17.2 Å². The van der Waals surface area contributed by atoms with Gasteiger partial charge in [0.15, 0.2) is 5.65 Å². The van der Waals surface area contributed by atoms with E-state index in [0.29, 0.717) is 12.6 Å². The Morgan fingerprint density at radius 2 is 2.15 bits per heavy atom. The zero-order chi connectivity index (χ0) is 19.0. The summed E-state index contributed by atoms with van der Waals surface area (Å²) in [7, 11) is 0. The van der Waals surface area contributed by atoms with Gasteiger partial charge in [-0.25, -0.2) is 14.4 Å². The summed E-state index contributed by atoms with van der Waals surface area (Å²) < 4.78 is 15.8. The van der Waals surface area contributed by atoms with Crippen LogP contribution < -0.4 is 10.2 Å². The number of nitrogens with one attached hydrogen (secondary N) is 1. The van der Waals surface area contributed by atoms with Crippen LogP contribution in [0.25, 0.3) is 11.2 Å². The average molecular weight is 367 g/mol. The zero-order valence-electron chi connectivity index (χ0n) is 16.1. The number of nitrogens with zero attached hydrogens (tertiary/aromatic N) is 4. The van der Waals surface area contributed by atoms with Crippen molar-refractivity contribution < 1.29 is 4.39 Å². The van der Waals surface area contributed by atoms with Crippen molar-refractivity contribution in [2.24, 2.45) is 0 Å². The smallest absolute Gasteiger partial charge is 0.162 e. The standard InChI is InChI=1S/C21H26FN5/c1-14(2)20-25-19-18(26-10-9-23-15(3)12-26)7-8-24-21(19)27(20)13-16-5-4-6-17(22)11-16/h4-8,11,14-15,23H,9-10,12-13H2,1-3H3/t15-/m0/s1. The van der Waals surface area contributed by atoms with Gasteiger partial charge >= 0.3 is 0 Å². The summed E-state index contributed by atoms with van der Waals surface area (Å²) in [6.45, 7) is 9.91. The predicted octanol–water partition coefficient (Wildman–Crippen LogP) is 3.54. The summed E-state index contributed by atoms with van der Waals surface area (Å²) in [5.74, 6) is 1.02. The van der Waals surface area contributed by atoms with Gasteiger partial charge in [-0.15, -0.1) is 0 Å². The molecule has 4 rings (SSSR count). The molecule has 1 N–H and O–H groups in total. The molecule has 0 amide bonds. The van der Waals surface area contributed by atoms with E-state index in [1.165, 1.54) is 6.07 Å². The molecule has 1 aliphatic heterocycles. The van der Waals surface area contributed by atoms with Crippen LogP contribution in [0.15, 0.2) is 36.5 Å². The minimum atomic E-state index is -0.216. The van der Waals surface area contributed by atoms with Gasteiger partial charge in [-0.2, -0.15) is 0 Å². The van der Waals surface area contributed by atoms with E-state index >= 15 is 0 Å². The second-order valence-corrected chi connectivity index (χ2v) is 7.64. The van der Waals surface area contributed by atoms with Crippen molar-refractivity contribution in [2.75, 3.05) is 24.5 Å². The molecule has 0 bridgehead atoms. The molecule has 1 saturated heterocycles. The van der Waals surface area contributed by atoms with Crippen LogP contribution in [0.1, 0.15) is 38.1 Å². The van der Waals surface area contributed by atoms with Crippen molar-refractivity contribution >= 4 is 16.9 Å². The first-order valence-corrected chi connectivity index (χ1v) is 9.61. The molecule has 1 aliphatic rings. The van der Waals surface area contributed by atoms with E-state index in [4.69, 9.17) is 4.98 Å². The molecule has 0 saturated carbocycles. The highest BCUT2D eigenvalue weighted by atomic mass is 19.1. The fraction of sp³-hybridized carbons (Fsp3) is 0.429. The molecule has 3 heterocycles. The van der Waals surface area contributed by atoms with Crippen LogP contribution >= 0.6 is 0 Å². The quantitative estimate of drug-likeness (QED) is 0.766. The molecule has 1 aromatic carbocycles. The number of benzene rings is 1. The molecule has 0 unspecified atom stereocenters. The highest BCUT2D eigenvalue weighted by Gasteiger charge is 2.22. The summed E-state index contributed by atoms with van der Waals surface area (Å²) in [5, 5.41) is 3.48. The Balaban J connectivity index is 1.81. The van der Waals surface area contributed by atoms with Crippen molar-refractivity contribution in [1.29, 1.82) is 0 Å². The minimum Gasteiger partial charge on any atom is -0.367 e. The lowest BCUT2D eigenvalue weighted by Crippen LogP contribution is -2.49. The SMILES string of the molecule is CC(C)c1nc2c(N3CCN[C@@H](C)C3)ccnc2n1Cc1cccc(F)c1. The number of aromatic nitrogens is 3. The third kappa shape index (κ3) is 3.54. The third-order valence-corrected chi connectivity index (χ3v) is 5.10. The lowest BCUT2D eigenvalue weighted by molar-refractivity contribution is 0.485. The maximum Gasteiger partial charge on any atom is 0.162 e. The molecule has 6 heteroatoms. The molecule has 1 atom stereocenters. The Kier molecular flexibility index (Phi) is 4.83. The second kappa shape index (κ2) is 7.27. The number of anilines is 1. The Bertz CT molecular complexity index is 949. The van der Waals surface area contributed by atoms with Crippen LogP contribution in [0.5, 0.6) is 0 Å². The lowest BCUT2D eigenvalue weighted by atomic mass is 10.2. The summed E-state index contributed by atoms with van der Waals surface area (Å²) in [6, 6.07) is 9.25. The van der Waals surface area contributed by atoms with Gasteiger partial charge in [0, 0.05) is 37.8 Å². The zero-order valence-corrected chi connectivity index (χ0v) is 16.1. The number of hydrogen-bond acceptors (Lipinski definition) is 4. The number of halogens is 1. The normalized spacial score (nSPS) is 17.8. The van der Waals surface area contributed by atoms with E-state index in [0.717, 1.165) is 47.9 Å². The van der Waals surface area contributed by atoms with Crippen molar-refractivity contribution in [3.63, 3.8) is 0 Å². The van der Waals surface area contributed by atoms with Crippen LogP contribution in [-0.4, -0.2) is 40.2 Å². The van der Waals surface area contributed by atoms with Gasteiger partial charge in [0.25, 0.3) is 0 Å². The van der Waals surface area contributed by atoms with E-state index in [9.17, 15) is 4.39 Å². The highest BCUT2D eigenvalue weighted by molar-refractivity contribution is 5.86. The number of hydrogen-bond donors (Lipinski definition) is 1. The third-order valence-electron chi connectivity index (χ3n) is 5.10. The first-order valence-electron chi connectivity index (χ1n) is 9.61. The van der Waals surface area contributed by atoms with E-state index in [1.54, 1.807) is 12.1 Å². The molecule has 5 nitrogen and oxygen atoms in total. The summed E-state index contributed by atoms with van der Waals surface area (Å²) >= 11 is 0. The van der Waals surface area contributed by atoms with Gasteiger partial charge in [0.05, 0.1) is 12.2 Å². The Labute approximate surface area is 159 Å². The molecule has 0 radical (unpaired) electrons. The second-order valence-electron chi connectivity index (χ2n) is 7.64. The maximum absolute atomic E-state index is 13.7. The number of fused-ring (bicyclic) bond motifs is 1. The van der Waals surface area contributed by atoms with Crippen LogP contribution in [0.4, 0.5) is 10.1 Å². The van der Waals surface area contributed by atoms with Gasteiger partial charge in [0.2, 0.25) is 0 Å². The van der Waals surface area contributed by atoms with Gasteiger partial charge in [-0.05, 0) is 30.7 Å². The monoisotopic (exact) mass is 367 g/mol. The van der Waals surface area contributed by atoms with E-state index in [1.807, 2.05) is 12.3 Å².